The van der Waals surface area contributed by atoms with Gasteiger partial charge in [-0.1, -0.05) is 163 Å². The summed E-state index contributed by atoms with van der Waals surface area (Å²) in [6.07, 6.45) is 27.6. The first-order valence-electron chi connectivity index (χ1n) is 21.6. The third-order valence-electron chi connectivity index (χ3n) is 10.6. The average molecular weight is 709 g/mol. The molecule has 7 nitrogen and oxygen atoms in total. The maximum atomic E-state index is 13.5. The standard InChI is InChI=1S/C43H84N2O5/c1-8-13-17-21-23-27-31-39(29-25-19-15-10-3)42(47)49-35-33-45(41(46)37-38(6)44(7)12-5)34-36-50-43(48)40(30-26-20-16-11-4)32-28-24-22-18-14-9-2/h38-40H,8-37H2,1-7H3. The molecular formula is C43H84N2O5. The second-order valence-corrected chi connectivity index (χ2v) is 15.0. The Hall–Kier alpha value is -1.63. The fourth-order valence-electron chi connectivity index (χ4n) is 6.70. The van der Waals surface area contributed by atoms with Crippen LogP contribution in [0.5, 0.6) is 0 Å². The van der Waals surface area contributed by atoms with Crippen LogP contribution in [0.2, 0.25) is 0 Å². The molecule has 0 fully saturated rings. The second kappa shape index (κ2) is 34.5. The number of carbonyl (C=O) groups is 3. The molecule has 0 aromatic carbocycles. The van der Waals surface area contributed by atoms with Gasteiger partial charge in [0.1, 0.15) is 13.2 Å². The number of ether oxygens (including phenoxy) is 2. The van der Waals surface area contributed by atoms with E-state index in [2.05, 4.69) is 46.4 Å². The normalized spacial score (nSPS) is 13.3. The topological polar surface area (TPSA) is 76.1 Å². The molecule has 0 saturated carbocycles. The summed E-state index contributed by atoms with van der Waals surface area (Å²) in [5, 5.41) is 0. The Balaban J connectivity index is 5.29. The number of amides is 1. The Morgan fingerprint density at radius 3 is 1.16 bits per heavy atom. The van der Waals surface area contributed by atoms with Crippen LogP contribution >= 0.6 is 0 Å². The van der Waals surface area contributed by atoms with Crippen LogP contribution in [0.25, 0.3) is 0 Å². The Morgan fingerprint density at radius 1 is 0.500 bits per heavy atom. The highest BCUT2D eigenvalue weighted by atomic mass is 16.5. The van der Waals surface area contributed by atoms with Crippen LogP contribution in [0.1, 0.15) is 202 Å². The lowest BCUT2D eigenvalue weighted by Crippen LogP contribution is -2.41. The summed E-state index contributed by atoms with van der Waals surface area (Å²) >= 11 is 0. The molecule has 0 aromatic heterocycles. The highest BCUT2D eigenvalue weighted by molar-refractivity contribution is 5.77. The van der Waals surface area contributed by atoms with E-state index in [1.54, 1.807) is 4.90 Å². The molecule has 3 atom stereocenters. The molecule has 0 saturated heterocycles. The molecule has 0 aromatic rings. The monoisotopic (exact) mass is 709 g/mol. The molecule has 0 aliphatic heterocycles. The van der Waals surface area contributed by atoms with Crippen molar-refractivity contribution in [2.75, 3.05) is 39.9 Å². The molecule has 3 unspecified atom stereocenters. The summed E-state index contributed by atoms with van der Waals surface area (Å²) in [6, 6.07) is 0.0924. The highest BCUT2D eigenvalue weighted by Gasteiger charge is 2.24. The van der Waals surface area contributed by atoms with Crippen LogP contribution in [0.3, 0.4) is 0 Å². The molecule has 296 valence electrons. The number of rotatable bonds is 36. The molecule has 0 heterocycles. The van der Waals surface area contributed by atoms with Crippen molar-refractivity contribution in [2.24, 2.45) is 11.8 Å². The quantitative estimate of drug-likeness (QED) is 0.0476. The van der Waals surface area contributed by atoms with Crippen LogP contribution in [0, 0.1) is 11.8 Å². The third kappa shape index (κ3) is 26.2. The molecule has 0 N–H and O–H groups in total. The average Bonchev–Trinajstić information content (AvgIpc) is 3.11. The zero-order valence-corrected chi connectivity index (χ0v) is 34.4. The summed E-state index contributed by atoms with van der Waals surface area (Å²) in [5.74, 6) is -0.358. The number of hydrogen-bond donors (Lipinski definition) is 0. The van der Waals surface area contributed by atoms with E-state index < -0.39 is 0 Å². The number of unbranched alkanes of at least 4 members (excludes halogenated alkanes) is 16. The molecular weight excluding hydrogens is 624 g/mol. The van der Waals surface area contributed by atoms with Crippen molar-refractivity contribution in [2.45, 2.75) is 208 Å². The van der Waals surface area contributed by atoms with E-state index in [-0.39, 0.29) is 48.9 Å². The molecule has 0 aliphatic rings. The van der Waals surface area contributed by atoms with Crippen molar-refractivity contribution in [3.63, 3.8) is 0 Å². The zero-order chi connectivity index (χ0) is 37.2. The van der Waals surface area contributed by atoms with E-state index in [1.165, 1.54) is 89.9 Å². The first kappa shape index (κ1) is 48.4. The predicted octanol–water partition coefficient (Wildman–Crippen LogP) is 11.3. The lowest BCUT2D eigenvalue weighted by Gasteiger charge is -2.28. The number of nitrogens with zero attached hydrogens (tertiary/aromatic N) is 2. The van der Waals surface area contributed by atoms with Crippen molar-refractivity contribution in [3.05, 3.63) is 0 Å². The molecule has 0 aliphatic carbocycles. The zero-order valence-electron chi connectivity index (χ0n) is 34.4. The molecule has 0 radical (unpaired) electrons. The van der Waals surface area contributed by atoms with E-state index in [4.69, 9.17) is 9.47 Å². The molecule has 1 amide bonds. The maximum Gasteiger partial charge on any atom is 0.308 e. The Morgan fingerprint density at radius 2 is 0.820 bits per heavy atom. The largest absolute Gasteiger partial charge is 0.464 e. The van der Waals surface area contributed by atoms with Crippen molar-refractivity contribution in [1.29, 1.82) is 0 Å². The van der Waals surface area contributed by atoms with Gasteiger partial charge < -0.3 is 19.3 Å². The molecule has 0 bridgehead atoms. The Bertz CT molecular complexity index is 756. The van der Waals surface area contributed by atoms with Crippen LogP contribution in [0.15, 0.2) is 0 Å². The highest BCUT2D eigenvalue weighted by Crippen LogP contribution is 2.22. The van der Waals surface area contributed by atoms with Crippen LogP contribution < -0.4 is 0 Å². The predicted molar refractivity (Wildman–Crippen MR) is 211 cm³/mol. The van der Waals surface area contributed by atoms with Crippen molar-refractivity contribution >= 4 is 17.8 Å². The Kier molecular flexibility index (Phi) is 33.3. The van der Waals surface area contributed by atoms with E-state index in [9.17, 15) is 14.4 Å². The van der Waals surface area contributed by atoms with E-state index >= 15 is 0 Å². The summed E-state index contributed by atoms with van der Waals surface area (Å²) in [6.45, 7) is 14.9. The van der Waals surface area contributed by atoms with Gasteiger partial charge in [0, 0.05) is 12.5 Å². The van der Waals surface area contributed by atoms with Gasteiger partial charge in [-0.2, -0.15) is 0 Å². The Labute approximate surface area is 310 Å². The third-order valence-corrected chi connectivity index (χ3v) is 10.6. The lowest BCUT2D eigenvalue weighted by atomic mass is 9.94. The van der Waals surface area contributed by atoms with Gasteiger partial charge in [0.05, 0.1) is 24.9 Å². The SMILES string of the molecule is CCCCCCCCC(CCCCCC)C(=O)OCCN(CCOC(=O)C(CCCCCC)CCCCCCCC)C(=O)CC(C)N(C)CC. The molecule has 50 heavy (non-hydrogen) atoms. The van der Waals surface area contributed by atoms with Gasteiger partial charge in [0.15, 0.2) is 0 Å². The van der Waals surface area contributed by atoms with Crippen molar-refractivity contribution in [3.8, 4) is 0 Å². The molecule has 7 heteroatoms. The van der Waals surface area contributed by atoms with Gasteiger partial charge in [-0.3, -0.25) is 14.4 Å². The molecule has 0 spiro atoms. The van der Waals surface area contributed by atoms with Crippen molar-refractivity contribution < 1.29 is 23.9 Å². The van der Waals surface area contributed by atoms with E-state index in [1.807, 2.05) is 7.05 Å². The van der Waals surface area contributed by atoms with Gasteiger partial charge >= 0.3 is 11.9 Å². The summed E-state index contributed by atoms with van der Waals surface area (Å²) < 4.78 is 11.7. The summed E-state index contributed by atoms with van der Waals surface area (Å²) in [7, 11) is 2.03. The van der Waals surface area contributed by atoms with Gasteiger partial charge in [-0.25, -0.2) is 0 Å². The van der Waals surface area contributed by atoms with Gasteiger partial charge in [0.2, 0.25) is 5.91 Å². The summed E-state index contributed by atoms with van der Waals surface area (Å²) in [5.41, 5.74) is 0. The fourth-order valence-corrected chi connectivity index (χ4v) is 6.70. The van der Waals surface area contributed by atoms with E-state index in [0.29, 0.717) is 19.5 Å². The smallest absolute Gasteiger partial charge is 0.308 e. The minimum atomic E-state index is -0.117. The van der Waals surface area contributed by atoms with Crippen molar-refractivity contribution in [1.82, 2.24) is 9.80 Å². The first-order chi connectivity index (χ1) is 24.2. The number of esters is 2. The second-order valence-electron chi connectivity index (χ2n) is 15.0. The van der Waals surface area contributed by atoms with Gasteiger partial charge in [0.25, 0.3) is 0 Å². The number of carbonyl (C=O) groups excluding carboxylic acids is 3. The van der Waals surface area contributed by atoms with Gasteiger partial charge in [-0.05, 0) is 46.2 Å². The minimum Gasteiger partial charge on any atom is -0.464 e. The number of hydrogen-bond acceptors (Lipinski definition) is 6. The van der Waals surface area contributed by atoms with Crippen LogP contribution in [-0.4, -0.2) is 73.6 Å². The van der Waals surface area contributed by atoms with Crippen LogP contribution in [-0.2, 0) is 23.9 Å². The fraction of sp³-hybridized carbons (Fsp3) is 0.930. The maximum absolute atomic E-state index is 13.5. The van der Waals surface area contributed by atoms with Gasteiger partial charge in [-0.15, -0.1) is 0 Å². The van der Waals surface area contributed by atoms with Crippen LogP contribution in [0.4, 0.5) is 0 Å². The lowest BCUT2D eigenvalue weighted by molar-refractivity contribution is -0.152. The van der Waals surface area contributed by atoms with E-state index in [0.717, 1.165) is 70.8 Å². The summed E-state index contributed by atoms with van der Waals surface area (Å²) in [4.78, 5) is 44.0. The minimum absolute atomic E-state index is 0.0105. The molecule has 0 rings (SSSR count). The first-order valence-corrected chi connectivity index (χ1v) is 21.6.